The van der Waals surface area contributed by atoms with Crippen molar-refractivity contribution >= 4 is 21.8 Å². The second-order valence-electron chi connectivity index (χ2n) is 4.94. The number of amides is 1. The van der Waals surface area contributed by atoms with E-state index in [9.17, 15) is 4.79 Å². The van der Waals surface area contributed by atoms with E-state index in [1.165, 1.54) is 5.56 Å². The third-order valence-corrected chi connectivity index (χ3v) is 4.27. The zero-order valence-electron chi connectivity index (χ0n) is 12.4. The first-order valence-electron chi connectivity index (χ1n) is 6.92. The summed E-state index contributed by atoms with van der Waals surface area (Å²) in [6.45, 7) is 2.76. The lowest BCUT2D eigenvalue weighted by molar-refractivity contribution is -0.121. The molecule has 0 aliphatic heterocycles. The highest BCUT2D eigenvalue weighted by molar-refractivity contribution is 9.10. The van der Waals surface area contributed by atoms with Crippen molar-refractivity contribution in [2.24, 2.45) is 5.73 Å². The number of hydrogen-bond donors (Lipinski definition) is 2. The number of carbonyl (C=O) groups is 1. The summed E-state index contributed by atoms with van der Waals surface area (Å²) in [4.78, 5) is 13.6. The molecular formula is C15H24BrN3O. The van der Waals surface area contributed by atoms with Crippen molar-refractivity contribution < 1.29 is 4.79 Å². The number of nitrogens with zero attached hydrogens (tertiary/aromatic N) is 1. The van der Waals surface area contributed by atoms with Gasteiger partial charge in [-0.1, -0.05) is 41.1 Å². The lowest BCUT2D eigenvalue weighted by Gasteiger charge is -2.33. The minimum absolute atomic E-state index is 0.0309. The number of halogens is 1. The first-order valence-corrected chi connectivity index (χ1v) is 7.71. The first kappa shape index (κ1) is 17.1. The van der Waals surface area contributed by atoms with Crippen LogP contribution in [0.5, 0.6) is 0 Å². The van der Waals surface area contributed by atoms with Gasteiger partial charge in [-0.15, -0.1) is 0 Å². The van der Waals surface area contributed by atoms with Gasteiger partial charge in [0.2, 0.25) is 5.91 Å². The number of carbonyl (C=O) groups excluding carboxylic acids is 1. The molecule has 112 valence electrons. The molecule has 1 aromatic carbocycles. The Labute approximate surface area is 129 Å². The molecule has 1 rings (SSSR count). The van der Waals surface area contributed by atoms with Crippen molar-refractivity contribution in [2.45, 2.75) is 31.8 Å². The molecule has 0 aliphatic rings. The summed E-state index contributed by atoms with van der Waals surface area (Å²) in [5.74, 6) is 0.0489. The Bertz CT molecular complexity index is 439. The molecule has 2 unspecified atom stereocenters. The van der Waals surface area contributed by atoms with Crippen LogP contribution in [0.4, 0.5) is 0 Å². The van der Waals surface area contributed by atoms with E-state index in [1.54, 1.807) is 7.05 Å². The Kier molecular flexibility index (Phi) is 7.19. The zero-order valence-corrected chi connectivity index (χ0v) is 14.0. The summed E-state index contributed by atoms with van der Waals surface area (Å²) < 4.78 is 1.06. The third-order valence-electron chi connectivity index (χ3n) is 3.55. The standard InChI is InChI=1S/C15H24BrN3O/c1-4-13(17)15(11-7-5-6-8-12(11)16)19(3)10-9-14(20)18-2/h5-8,13,15H,4,9-10,17H2,1-3H3,(H,18,20). The van der Waals surface area contributed by atoms with E-state index in [1.807, 2.05) is 25.2 Å². The largest absolute Gasteiger partial charge is 0.359 e. The number of nitrogens with one attached hydrogen (secondary N) is 1. The summed E-state index contributed by atoms with van der Waals surface area (Å²) in [6.07, 6.45) is 1.36. The van der Waals surface area contributed by atoms with Gasteiger partial charge in [0.05, 0.1) is 6.04 Å². The average molecular weight is 342 g/mol. The number of nitrogens with two attached hydrogens (primary N) is 1. The van der Waals surface area contributed by atoms with Gasteiger partial charge in [-0.05, 0) is 25.1 Å². The van der Waals surface area contributed by atoms with E-state index >= 15 is 0 Å². The fourth-order valence-corrected chi connectivity index (χ4v) is 2.79. The van der Waals surface area contributed by atoms with Crippen LogP contribution in [-0.2, 0) is 4.79 Å². The molecule has 0 bridgehead atoms. The molecule has 0 aliphatic carbocycles. The number of hydrogen-bond acceptors (Lipinski definition) is 3. The highest BCUT2D eigenvalue weighted by Gasteiger charge is 2.24. The Morgan fingerprint density at radius 3 is 2.65 bits per heavy atom. The summed E-state index contributed by atoms with van der Waals surface area (Å²) in [5, 5.41) is 2.65. The van der Waals surface area contributed by atoms with E-state index in [2.05, 4.69) is 39.1 Å². The Morgan fingerprint density at radius 2 is 2.10 bits per heavy atom. The topological polar surface area (TPSA) is 58.4 Å². The van der Waals surface area contributed by atoms with Crippen LogP contribution in [0.25, 0.3) is 0 Å². The number of likely N-dealkylation sites (N-methyl/N-ethyl adjacent to an activating group) is 1. The van der Waals surface area contributed by atoms with E-state index in [4.69, 9.17) is 5.73 Å². The van der Waals surface area contributed by atoms with E-state index in [-0.39, 0.29) is 18.0 Å². The lowest BCUT2D eigenvalue weighted by Crippen LogP contribution is -2.40. The highest BCUT2D eigenvalue weighted by Crippen LogP contribution is 2.30. The molecular weight excluding hydrogens is 318 g/mol. The molecule has 4 nitrogen and oxygen atoms in total. The van der Waals surface area contributed by atoms with Crippen LogP contribution >= 0.6 is 15.9 Å². The van der Waals surface area contributed by atoms with Crippen LogP contribution in [0.15, 0.2) is 28.7 Å². The Morgan fingerprint density at radius 1 is 1.45 bits per heavy atom. The fourth-order valence-electron chi connectivity index (χ4n) is 2.28. The van der Waals surface area contributed by atoms with Crippen molar-refractivity contribution in [1.82, 2.24) is 10.2 Å². The second-order valence-corrected chi connectivity index (χ2v) is 5.80. The van der Waals surface area contributed by atoms with E-state index < -0.39 is 0 Å². The van der Waals surface area contributed by atoms with Crippen molar-refractivity contribution in [1.29, 1.82) is 0 Å². The van der Waals surface area contributed by atoms with Gasteiger partial charge < -0.3 is 11.1 Å². The first-order chi connectivity index (χ1) is 9.51. The maximum absolute atomic E-state index is 11.4. The maximum Gasteiger partial charge on any atom is 0.221 e. The van der Waals surface area contributed by atoms with Crippen LogP contribution in [0.2, 0.25) is 0 Å². The molecule has 0 heterocycles. The smallest absolute Gasteiger partial charge is 0.221 e. The van der Waals surface area contributed by atoms with Crippen molar-refractivity contribution in [3.63, 3.8) is 0 Å². The summed E-state index contributed by atoms with van der Waals surface area (Å²) in [6, 6.07) is 8.25. The van der Waals surface area contributed by atoms with Gasteiger partial charge in [-0.3, -0.25) is 9.69 Å². The van der Waals surface area contributed by atoms with Gasteiger partial charge in [0.25, 0.3) is 0 Å². The van der Waals surface area contributed by atoms with Gasteiger partial charge >= 0.3 is 0 Å². The van der Waals surface area contributed by atoms with Crippen LogP contribution in [-0.4, -0.2) is 37.5 Å². The van der Waals surface area contributed by atoms with E-state index in [0.29, 0.717) is 13.0 Å². The van der Waals surface area contributed by atoms with Gasteiger partial charge in [-0.25, -0.2) is 0 Å². The average Bonchev–Trinajstić information content (AvgIpc) is 2.46. The maximum atomic E-state index is 11.4. The van der Waals surface area contributed by atoms with Crippen LogP contribution in [0, 0.1) is 0 Å². The van der Waals surface area contributed by atoms with Gasteiger partial charge in [0.15, 0.2) is 0 Å². The number of benzene rings is 1. The second kappa shape index (κ2) is 8.39. The Hall–Kier alpha value is -0.910. The zero-order chi connectivity index (χ0) is 15.1. The normalized spacial score (nSPS) is 14.1. The SMILES string of the molecule is CCC(N)C(c1ccccc1Br)N(C)CCC(=O)NC. The van der Waals surface area contributed by atoms with Crippen LogP contribution < -0.4 is 11.1 Å². The minimum Gasteiger partial charge on any atom is -0.359 e. The molecule has 0 spiro atoms. The fraction of sp³-hybridized carbons (Fsp3) is 0.533. The molecule has 5 heteroatoms. The quantitative estimate of drug-likeness (QED) is 0.799. The summed E-state index contributed by atoms with van der Waals surface area (Å²) >= 11 is 3.59. The molecule has 3 N–H and O–H groups in total. The summed E-state index contributed by atoms with van der Waals surface area (Å²) in [7, 11) is 3.67. The third kappa shape index (κ3) is 4.58. The van der Waals surface area contributed by atoms with Gasteiger partial charge in [-0.2, -0.15) is 0 Å². The molecule has 2 atom stereocenters. The van der Waals surface area contributed by atoms with Gasteiger partial charge in [0.1, 0.15) is 0 Å². The highest BCUT2D eigenvalue weighted by atomic mass is 79.9. The van der Waals surface area contributed by atoms with Crippen molar-refractivity contribution in [3.05, 3.63) is 34.3 Å². The molecule has 0 radical (unpaired) electrons. The predicted molar refractivity (Wildman–Crippen MR) is 86.5 cm³/mol. The van der Waals surface area contributed by atoms with E-state index in [0.717, 1.165) is 10.9 Å². The molecule has 0 fully saturated rings. The molecule has 0 saturated heterocycles. The molecule has 20 heavy (non-hydrogen) atoms. The summed E-state index contributed by atoms with van der Waals surface area (Å²) in [5.41, 5.74) is 7.46. The molecule has 1 aromatic rings. The van der Waals surface area contributed by atoms with Crippen LogP contribution in [0.3, 0.4) is 0 Å². The minimum atomic E-state index is 0.0309. The molecule has 1 amide bonds. The van der Waals surface area contributed by atoms with Crippen molar-refractivity contribution in [2.75, 3.05) is 20.6 Å². The predicted octanol–water partition coefficient (Wildman–Crippen LogP) is 2.30. The van der Waals surface area contributed by atoms with Crippen molar-refractivity contribution in [3.8, 4) is 0 Å². The monoisotopic (exact) mass is 341 g/mol. The van der Waals surface area contributed by atoms with Crippen LogP contribution in [0.1, 0.15) is 31.4 Å². The van der Waals surface area contributed by atoms with Gasteiger partial charge in [0, 0.05) is 30.5 Å². The lowest BCUT2D eigenvalue weighted by atomic mass is 9.96. The Balaban J connectivity index is 2.90. The molecule has 0 saturated carbocycles. The molecule has 0 aromatic heterocycles. The number of rotatable bonds is 7.